The van der Waals surface area contributed by atoms with E-state index in [2.05, 4.69) is 26.5 Å². The Balaban J connectivity index is 3.12. The van der Waals surface area contributed by atoms with Crippen LogP contribution in [0.2, 0.25) is 0 Å². The maximum Gasteiger partial charge on any atom is 0.201 e. The van der Waals surface area contributed by atoms with Crippen molar-refractivity contribution in [2.45, 2.75) is 6.92 Å². The minimum absolute atomic E-state index is 0.190. The molecule has 0 heterocycles. The number of nitrogens with two attached hydrogens (primary N) is 1. The van der Waals surface area contributed by atoms with Crippen molar-refractivity contribution in [3.63, 3.8) is 0 Å². The molecule has 94 valence electrons. The number of nitrogens with one attached hydrogen (secondary N) is 2. The molecule has 0 aliphatic rings. The van der Waals surface area contributed by atoms with Gasteiger partial charge in [0, 0.05) is 4.47 Å². The first-order chi connectivity index (χ1) is 8.49. The number of halogens is 1. The number of methoxy groups -OCH3 is 1. The Morgan fingerprint density at radius 3 is 2.78 bits per heavy atom. The van der Waals surface area contributed by atoms with Gasteiger partial charge in [0.25, 0.3) is 0 Å². The van der Waals surface area contributed by atoms with Crippen molar-refractivity contribution in [2.75, 3.05) is 12.5 Å². The first-order valence-electron chi connectivity index (χ1n) is 4.92. The standard InChI is InChI=1S/C11H12BrN5O/c1-6-3-7(12)10(9(4-6)18-2)17-16-8(5-13)11(14)15/h3-4,17H,1-2H3,(H3,14,15)/b16-8+. The Kier molecular flexibility index (Phi) is 4.68. The molecule has 6 nitrogen and oxygen atoms in total. The van der Waals surface area contributed by atoms with Crippen molar-refractivity contribution in [1.29, 1.82) is 10.7 Å². The van der Waals surface area contributed by atoms with Gasteiger partial charge in [-0.05, 0) is 40.5 Å². The fourth-order valence-electron chi connectivity index (χ4n) is 1.24. The van der Waals surface area contributed by atoms with E-state index in [4.69, 9.17) is 21.1 Å². The predicted molar refractivity (Wildman–Crippen MR) is 74.0 cm³/mol. The second-order valence-electron chi connectivity index (χ2n) is 3.42. The third-order valence-electron chi connectivity index (χ3n) is 2.06. The molecule has 18 heavy (non-hydrogen) atoms. The summed E-state index contributed by atoms with van der Waals surface area (Å²) in [4.78, 5) is 0. The number of aryl methyl sites for hydroxylation is 1. The highest BCUT2D eigenvalue weighted by Gasteiger charge is 2.09. The Morgan fingerprint density at radius 2 is 2.28 bits per heavy atom. The second-order valence-corrected chi connectivity index (χ2v) is 4.28. The van der Waals surface area contributed by atoms with Crippen molar-refractivity contribution in [3.8, 4) is 11.8 Å². The van der Waals surface area contributed by atoms with Gasteiger partial charge in [0.2, 0.25) is 5.71 Å². The van der Waals surface area contributed by atoms with Crippen LogP contribution in [0.25, 0.3) is 0 Å². The molecule has 4 N–H and O–H groups in total. The normalized spacial score (nSPS) is 10.7. The zero-order valence-electron chi connectivity index (χ0n) is 9.91. The lowest BCUT2D eigenvalue weighted by molar-refractivity contribution is 0.416. The number of amidine groups is 1. The molecular formula is C11H12BrN5O. The van der Waals surface area contributed by atoms with Gasteiger partial charge in [0.05, 0.1) is 7.11 Å². The molecule has 0 saturated heterocycles. The lowest BCUT2D eigenvalue weighted by Crippen LogP contribution is -2.22. The van der Waals surface area contributed by atoms with E-state index in [1.54, 1.807) is 6.07 Å². The molecule has 0 aliphatic carbocycles. The Hall–Kier alpha value is -2.07. The zero-order valence-corrected chi connectivity index (χ0v) is 11.5. The lowest BCUT2D eigenvalue weighted by atomic mass is 10.2. The summed E-state index contributed by atoms with van der Waals surface area (Å²) in [6, 6.07) is 5.42. The topological polar surface area (TPSA) is 107 Å². The van der Waals surface area contributed by atoms with Gasteiger partial charge in [-0.1, -0.05) is 0 Å². The fraction of sp³-hybridized carbons (Fsp3) is 0.182. The van der Waals surface area contributed by atoms with Gasteiger partial charge in [-0.25, -0.2) is 0 Å². The number of hydrogen-bond donors (Lipinski definition) is 3. The number of rotatable bonds is 4. The number of ether oxygens (including phenoxy) is 1. The summed E-state index contributed by atoms with van der Waals surface area (Å²) in [7, 11) is 1.53. The number of benzene rings is 1. The monoisotopic (exact) mass is 309 g/mol. The quantitative estimate of drug-likeness (QED) is 0.449. The van der Waals surface area contributed by atoms with Gasteiger partial charge < -0.3 is 10.5 Å². The van der Waals surface area contributed by atoms with Crippen molar-refractivity contribution in [1.82, 2.24) is 0 Å². The Morgan fingerprint density at radius 1 is 1.61 bits per heavy atom. The minimum atomic E-state index is -0.396. The summed E-state index contributed by atoms with van der Waals surface area (Å²) in [5, 5.41) is 19.6. The Labute approximate surface area is 113 Å². The van der Waals surface area contributed by atoms with Gasteiger partial charge in [0.15, 0.2) is 5.84 Å². The van der Waals surface area contributed by atoms with E-state index in [0.717, 1.165) is 10.0 Å². The number of nitriles is 1. The van der Waals surface area contributed by atoms with E-state index < -0.39 is 5.84 Å². The molecule has 1 aromatic rings. The molecular weight excluding hydrogens is 298 g/mol. The van der Waals surface area contributed by atoms with Crippen molar-refractivity contribution in [3.05, 3.63) is 22.2 Å². The molecule has 0 aromatic heterocycles. The van der Waals surface area contributed by atoms with Crippen LogP contribution in [0.4, 0.5) is 5.69 Å². The first kappa shape index (κ1) is 14.0. The van der Waals surface area contributed by atoms with Crippen LogP contribution in [0.15, 0.2) is 21.7 Å². The van der Waals surface area contributed by atoms with Crippen LogP contribution in [0.1, 0.15) is 5.56 Å². The van der Waals surface area contributed by atoms with E-state index in [1.807, 2.05) is 19.1 Å². The molecule has 1 rings (SSSR count). The zero-order chi connectivity index (χ0) is 13.7. The van der Waals surface area contributed by atoms with Crippen LogP contribution in [0.5, 0.6) is 5.75 Å². The van der Waals surface area contributed by atoms with Crippen LogP contribution in [0.3, 0.4) is 0 Å². The largest absolute Gasteiger partial charge is 0.494 e. The first-order valence-corrected chi connectivity index (χ1v) is 5.71. The smallest absolute Gasteiger partial charge is 0.201 e. The maximum absolute atomic E-state index is 8.73. The molecule has 0 aliphatic heterocycles. The average Bonchev–Trinajstić information content (AvgIpc) is 2.31. The van der Waals surface area contributed by atoms with Crippen molar-refractivity contribution < 1.29 is 4.74 Å². The highest BCUT2D eigenvalue weighted by molar-refractivity contribution is 9.10. The number of hydrazone groups is 1. The van der Waals surface area contributed by atoms with E-state index in [-0.39, 0.29) is 5.71 Å². The van der Waals surface area contributed by atoms with Gasteiger partial charge >= 0.3 is 0 Å². The van der Waals surface area contributed by atoms with Crippen molar-refractivity contribution >= 4 is 33.2 Å². The van der Waals surface area contributed by atoms with E-state index in [1.165, 1.54) is 7.11 Å². The molecule has 1 aromatic carbocycles. The van der Waals surface area contributed by atoms with E-state index in [9.17, 15) is 0 Å². The third-order valence-corrected chi connectivity index (χ3v) is 2.68. The predicted octanol–water partition coefficient (Wildman–Crippen LogP) is 1.99. The average molecular weight is 310 g/mol. The summed E-state index contributed by atoms with van der Waals surface area (Å²) in [5.74, 6) is 0.179. The number of hydrogen-bond acceptors (Lipinski definition) is 5. The molecule has 0 spiro atoms. The fourth-order valence-corrected chi connectivity index (χ4v) is 1.88. The van der Waals surface area contributed by atoms with Crippen LogP contribution in [0, 0.1) is 23.7 Å². The minimum Gasteiger partial charge on any atom is -0.494 e. The summed E-state index contributed by atoms with van der Waals surface area (Å²) < 4.78 is 5.94. The summed E-state index contributed by atoms with van der Waals surface area (Å²) in [5.41, 5.74) is 9.25. The third kappa shape index (κ3) is 3.21. The van der Waals surface area contributed by atoms with Crippen molar-refractivity contribution in [2.24, 2.45) is 10.8 Å². The highest BCUT2D eigenvalue weighted by Crippen LogP contribution is 2.33. The SMILES string of the molecule is COc1cc(C)cc(Br)c1N/N=C(\C#N)C(=N)N. The maximum atomic E-state index is 8.73. The van der Waals surface area contributed by atoms with Crippen LogP contribution in [-0.2, 0) is 0 Å². The summed E-state index contributed by atoms with van der Waals surface area (Å²) >= 11 is 3.37. The molecule has 7 heteroatoms. The Bertz CT molecular complexity index is 547. The van der Waals surface area contributed by atoms with Gasteiger partial charge in [-0.3, -0.25) is 10.8 Å². The number of anilines is 1. The summed E-state index contributed by atoms with van der Waals surface area (Å²) in [6.07, 6.45) is 0. The summed E-state index contributed by atoms with van der Waals surface area (Å²) in [6.45, 7) is 1.93. The van der Waals surface area contributed by atoms with E-state index >= 15 is 0 Å². The lowest BCUT2D eigenvalue weighted by Gasteiger charge is -2.11. The van der Waals surface area contributed by atoms with Gasteiger partial charge in [-0.2, -0.15) is 10.4 Å². The van der Waals surface area contributed by atoms with Crippen LogP contribution in [-0.4, -0.2) is 18.7 Å². The number of nitrogens with zero attached hydrogens (tertiary/aromatic N) is 2. The molecule has 0 atom stereocenters. The molecule has 0 amide bonds. The highest BCUT2D eigenvalue weighted by atomic mass is 79.9. The second kappa shape index (κ2) is 6.02. The molecule has 0 saturated carbocycles. The van der Waals surface area contributed by atoms with Gasteiger partial charge in [-0.15, -0.1) is 0 Å². The molecule has 0 fully saturated rings. The van der Waals surface area contributed by atoms with E-state index in [0.29, 0.717) is 11.4 Å². The van der Waals surface area contributed by atoms with Gasteiger partial charge in [0.1, 0.15) is 17.5 Å². The molecule has 0 radical (unpaired) electrons. The molecule has 0 bridgehead atoms. The van der Waals surface area contributed by atoms with Crippen LogP contribution >= 0.6 is 15.9 Å². The van der Waals surface area contributed by atoms with Crippen LogP contribution < -0.4 is 15.9 Å². The molecule has 0 unspecified atom stereocenters.